The van der Waals surface area contributed by atoms with Crippen LogP contribution in [0.2, 0.25) is 0 Å². The first kappa shape index (κ1) is 11.6. The lowest BCUT2D eigenvalue weighted by Gasteiger charge is -2.32. The second-order valence-corrected chi connectivity index (χ2v) is 4.29. The summed E-state index contributed by atoms with van der Waals surface area (Å²) in [6.45, 7) is 1.41. The zero-order valence-corrected chi connectivity index (χ0v) is 9.92. The molecule has 2 heterocycles. The Balaban J connectivity index is 2.36. The number of rotatable bonds is 2. The van der Waals surface area contributed by atoms with Gasteiger partial charge in [0, 0.05) is 5.56 Å². The van der Waals surface area contributed by atoms with Crippen LogP contribution in [0.5, 0.6) is 0 Å². The first-order valence-corrected chi connectivity index (χ1v) is 5.59. The molecular formula is C13H9FN2O3. The van der Waals surface area contributed by atoms with E-state index in [0.29, 0.717) is 10.6 Å². The van der Waals surface area contributed by atoms with Gasteiger partial charge in [0.05, 0.1) is 10.5 Å². The molecule has 6 heteroatoms. The van der Waals surface area contributed by atoms with E-state index in [-0.39, 0.29) is 28.2 Å². The Bertz CT molecular complexity index is 701. The Labute approximate surface area is 107 Å². The van der Waals surface area contributed by atoms with Gasteiger partial charge in [-0.05, 0) is 12.5 Å². The van der Waals surface area contributed by atoms with Crippen LogP contribution in [-0.4, -0.2) is 10.1 Å². The van der Waals surface area contributed by atoms with Crippen LogP contribution in [0, 0.1) is 22.9 Å². The lowest BCUT2D eigenvalue weighted by Crippen LogP contribution is -2.26. The van der Waals surface area contributed by atoms with Crippen molar-refractivity contribution in [1.29, 1.82) is 0 Å². The van der Waals surface area contributed by atoms with Gasteiger partial charge < -0.3 is 0 Å². The summed E-state index contributed by atoms with van der Waals surface area (Å²) in [4.78, 5) is 10.4. The van der Waals surface area contributed by atoms with Crippen LogP contribution in [0.3, 0.4) is 0 Å². The molecule has 0 unspecified atom stereocenters. The highest BCUT2D eigenvalue weighted by Crippen LogP contribution is 2.57. The van der Waals surface area contributed by atoms with Crippen molar-refractivity contribution in [2.45, 2.75) is 6.92 Å². The van der Waals surface area contributed by atoms with E-state index < -0.39 is 10.7 Å². The molecule has 0 saturated heterocycles. The molecule has 0 aliphatic carbocycles. The molecule has 19 heavy (non-hydrogen) atoms. The highest BCUT2D eigenvalue weighted by atomic mass is 19.1. The van der Waals surface area contributed by atoms with Gasteiger partial charge in [-0.2, -0.15) is 0 Å². The standard InChI is InChI=1S/C13H9FN2O3/c1-7-10(14)9(8-5-3-2-4-6-8)12-13(16(18)19)11(7)15(12)17/h2-6,17H,1H3. The minimum Gasteiger partial charge on any atom is -0.283 e. The molecule has 2 aliphatic heterocycles. The predicted octanol–water partition coefficient (Wildman–Crippen LogP) is 3.55. The van der Waals surface area contributed by atoms with Gasteiger partial charge in [0.25, 0.3) is 0 Å². The van der Waals surface area contributed by atoms with Gasteiger partial charge in [-0.1, -0.05) is 30.3 Å². The van der Waals surface area contributed by atoms with Crippen molar-refractivity contribution >= 4 is 17.1 Å². The number of halogens is 1. The van der Waals surface area contributed by atoms with Gasteiger partial charge in [-0.15, -0.1) is 0 Å². The Kier molecular flexibility index (Phi) is 2.30. The van der Waals surface area contributed by atoms with Crippen LogP contribution in [-0.2, 0) is 0 Å². The third kappa shape index (κ3) is 1.37. The van der Waals surface area contributed by atoms with Crippen molar-refractivity contribution in [2.75, 3.05) is 5.06 Å². The van der Waals surface area contributed by atoms with Crippen molar-refractivity contribution in [3.05, 3.63) is 51.8 Å². The number of benzene rings is 2. The van der Waals surface area contributed by atoms with Gasteiger partial charge in [-0.25, -0.2) is 9.45 Å². The molecule has 2 aromatic carbocycles. The number of hydrogen-bond donors (Lipinski definition) is 1. The van der Waals surface area contributed by atoms with E-state index in [0.717, 1.165) is 0 Å². The molecule has 0 fully saturated rings. The van der Waals surface area contributed by atoms with E-state index in [1.807, 2.05) is 0 Å². The third-order valence-electron chi connectivity index (χ3n) is 3.26. The fraction of sp³-hybridized carbons (Fsp3) is 0.0769. The van der Waals surface area contributed by atoms with E-state index in [2.05, 4.69) is 0 Å². The van der Waals surface area contributed by atoms with E-state index >= 15 is 0 Å². The summed E-state index contributed by atoms with van der Waals surface area (Å²) in [5, 5.41) is 21.5. The molecule has 96 valence electrons. The third-order valence-corrected chi connectivity index (χ3v) is 3.26. The average molecular weight is 260 g/mol. The number of nitro benzene ring substituents is 1. The molecule has 2 aliphatic rings. The van der Waals surface area contributed by atoms with Crippen molar-refractivity contribution in [1.82, 2.24) is 0 Å². The maximum absolute atomic E-state index is 14.2. The number of anilines is 2. The summed E-state index contributed by atoms with van der Waals surface area (Å²) < 4.78 is 14.2. The Morgan fingerprint density at radius 3 is 2.47 bits per heavy atom. The number of fused-ring (bicyclic) bond motifs is 2. The highest BCUT2D eigenvalue weighted by molar-refractivity contribution is 6.03. The van der Waals surface area contributed by atoms with Crippen LogP contribution >= 0.6 is 0 Å². The van der Waals surface area contributed by atoms with Crippen molar-refractivity contribution < 1.29 is 14.5 Å². The zero-order chi connectivity index (χ0) is 13.7. The van der Waals surface area contributed by atoms with Crippen LogP contribution in [0.25, 0.3) is 11.1 Å². The molecule has 0 spiro atoms. The normalized spacial score (nSPS) is 12.3. The predicted molar refractivity (Wildman–Crippen MR) is 67.2 cm³/mol. The average Bonchev–Trinajstić information content (AvgIpc) is 2.39. The molecule has 2 bridgehead atoms. The van der Waals surface area contributed by atoms with E-state index in [9.17, 15) is 19.7 Å². The second kappa shape index (κ2) is 3.76. The van der Waals surface area contributed by atoms with Crippen molar-refractivity contribution in [3.63, 3.8) is 0 Å². The fourth-order valence-corrected chi connectivity index (χ4v) is 2.37. The molecule has 0 atom stereocenters. The zero-order valence-electron chi connectivity index (χ0n) is 9.92. The van der Waals surface area contributed by atoms with E-state index in [1.54, 1.807) is 30.3 Å². The molecule has 1 N–H and O–H groups in total. The summed E-state index contributed by atoms with van der Waals surface area (Å²) in [5.74, 6) is -0.535. The Morgan fingerprint density at radius 2 is 1.89 bits per heavy atom. The summed E-state index contributed by atoms with van der Waals surface area (Å²) in [6.07, 6.45) is 0. The molecule has 5 nitrogen and oxygen atoms in total. The van der Waals surface area contributed by atoms with Gasteiger partial charge in [0.15, 0.2) is 11.4 Å². The fourth-order valence-electron chi connectivity index (χ4n) is 2.37. The summed E-state index contributed by atoms with van der Waals surface area (Å²) in [5.41, 5.74) is 0.226. The Morgan fingerprint density at radius 1 is 1.26 bits per heavy atom. The lowest BCUT2D eigenvalue weighted by molar-refractivity contribution is -0.385. The smallest absolute Gasteiger partial charge is 0.283 e. The van der Waals surface area contributed by atoms with Crippen LogP contribution in [0.4, 0.5) is 21.5 Å². The van der Waals surface area contributed by atoms with E-state index in [1.165, 1.54) is 6.92 Å². The summed E-state index contributed by atoms with van der Waals surface area (Å²) in [7, 11) is 0. The molecule has 2 aromatic rings. The van der Waals surface area contributed by atoms with Gasteiger partial charge in [0.2, 0.25) is 0 Å². The van der Waals surface area contributed by atoms with Crippen molar-refractivity contribution in [3.8, 4) is 11.1 Å². The quantitative estimate of drug-likeness (QED) is 0.662. The number of nitrogens with zero attached hydrogens (tertiary/aromatic N) is 2. The van der Waals surface area contributed by atoms with Crippen molar-refractivity contribution in [2.24, 2.45) is 0 Å². The largest absolute Gasteiger partial charge is 0.322 e. The van der Waals surface area contributed by atoms with Crippen LogP contribution in [0.1, 0.15) is 5.56 Å². The molecule has 0 radical (unpaired) electrons. The van der Waals surface area contributed by atoms with E-state index in [4.69, 9.17) is 0 Å². The minimum atomic E-state index is -0.601. The van der Waals surface area contributed by atoms with Crippen LogP contribution < -0.4 is 5.06 Å². The minimum absolute atomic E-state index is 0.0577. The van der Waals surface area contributed by atoms with Crippen LogP contribution in [0.15, 0.2) is 30.3 Å². The Hall–Kier alpha value is -2.47. The first-order valence-electron chi connectivity index (χ1n) is 5.59. The van der Waals surface area contributed by atoms with Gasteiger partial charge in [-0.3, -0.25) is 15.3 Å². The van der Waals surface area contributed by atoms with Gasteiger partial charge >= 0.3 is 5.69 Å². The highest BCUT2D eigenvalue weighted by Gasteiger charge is 2.44. The number of nitro groups is 1. The summed E-state index contributed by atoms with van der Waals surface area (Å²) >= 11 is 0. The first-order chi connectivity index (χ1) is 9.04. The molecule has 0 amide bonds. The number of hydrogen-bond acceptors (Lipinski definition) is 4. The lowest BCUT2D eigenvalue weighted by atomic mass is 9.92. The molecule has 4 rings (SSSR count). The second-order valence-electron chi connectivity index (χ2n) is 4.29. The topological polar surface area (TPSA) is 66.6 Å². The monoisotopic (exact) mass is 260 g/mol. The summed E-state index contributed by atoms with van der Waals surface area (Å²) in [6, 6.07) is 8.46. The molecule has 0 aromatic heterocycles. The van der Waals surface area contributed by atoms with Gasteiger partial charge in [0.1, 0.15) is 5.82 Å². The maximum Gasteiger partial charge on any atom is 0.322 e. The molecular weight excluding hydrogens is 251 g/mol. The SMILES string of the molecule is Cc1c(F)c(-c2ccccc2)c2c([N+](=O)[O-])c1N2O. The maximum atomic E-state index is 14.2. The molecule has 0 saturated carbocycles.